The van der Waals surface area contributed by atoms with Gasteiger partial charge in [0.1, 0.15) is 13.2 Å². The second kappa shape index (κ2) is 55.4. The average molecular weight is 936 g/mol. The van der Waals surface area contributed by atoms with E-state index in [9.17, 15) is 14.4 Å². The normalized spacial score (nSPS) is 12.6. The van der Waals surface area contributed by atoms with Crippen molar-refractivity contribution in [1.82, 2.24) is 0 Å². The van der Waals surface area contributed by atoms with Gasteiger partial charge in [0.25, 0.3) is 0 Å². The molecule has 0 bridgehead atoms. The maximum atomic E-state index is 12.8. The van der Waals surface area contributed by atoms with E-state index in [1.807, 2.05) is 0 Å². The summed E-state index contributed by atoms with van der Waals surface area (Å²) < 4.78 is 16.8. The predicted octanol–water partition coefficient (Wildman–Crippen LogP) is 19.0. The summed E-state index contributed by atoms with van der Waals surface area (Å²) in [5.41, 5.74) is 0. The number of carbonyl (C=O) groups excluding carboxylic acids is 3. The quantitative estimate of drug-likeness (QED) is 0.0262. The van der Waals surface area contributed by atoms with Crippen molar-refractivity contribution >= 4 is 17.9 Å². The maximum absolute atomic E-state index is 12.8. The maximum Gasteiger partial charge on any atom is 0.306 e. The monoisotopic (exact) mass is 935 g/mol. The Morgan fingerprint density at radius 1 is 0.313 bits per heavy atom. The van der Waals surface area contributed by atoms with Crippen molar-refractivity contribution in [2.24, 2.45) is 0 Å². The van der Waals surface area contributed by atoms with Crippen molar-refractivity contribution < 1.29 is 28.6 Å². The van der Waals surface area contributed by atoms with Crippen LogP contribution in [0, 0.1) is 0 Å². The summed E-state index contributed by atoms with van der Waals surface area (Å²) in [6.45, 7) is 6.51. The van der Waals surface area contributed by atoms with Gasteiger partial charge in [0.15, 0.2) is 6.10 Å². The van der Waals surface area contributed by atoms with Crippen LogP contribution in [0.1, 0.15) is 278 Å². The van der Waals surface area contributed by atoms with Gasteiger partial charge in [-0.2, -0.15) is 0 Å². The van der Waals surface area contributed by atoms with Gasteiger partial charge < -0.3 is 14.2 Å². The fraction of sp³-hybridized carbons (Fsp3) is 0.754. The number of carbonyl (C=O) groups is 3. The molecule has 6 heteroatoms. The molecule has 0 aliphatic heterocycles. The number of unbranched alkanes of at least 4 members (excludes halogenated alkanes) is 28. The third-order valence-electron chi connectivity index (χ3n) is 12.2. The Balaban J connectivity index is 4.43. The molecular weight excluding hydrogens is 829 g/mol. The molecule has 67 heavy (non-hydrogen) atoms. The molecule has 0 aliphatic rings. The van der Waals surface area contributed by atoms with Crippen molar-refractivity contribution in [1.29, 1.82) is 0 Å². The number of hydrogen-bond donors (Lipinski definition) is 0. The summed E-state index contributed by atoms with van der Waals surface area (Å²) >= 11 is 0. The van der Waals surface area contributed by atoms with Crippen molar-refractivity contribution in [2.45, 2.75) is 284 Å². The molecule has 0 fully saturated rings. The van der Waals surface area contributed by atoms with Crippen LogP contribution in [0.4, 0.5) is 0 Å². The Bertz CT molecular complexity index is 1260. The van der Waals surface area contributed by atoms with Crippen LogP contribution >= 0.6 is 0 Å². The minimum Gasteiger partial charge on any atom is -0.462 e. The van der Waals surface area contributed by atoms with Gasteiger partial charge >= 0.3 is 17.9 Å². The van der Waals surface area contributed by atoms with Crippen LogP contribution in [-0.4, -0.2) is 37.2 Å². The highest BCUT2D eigenvalue weighted by Crippen LogP contribution is 2.15. The molecule has 0 aliphatic carbocycles. The van der Waals surface area contributed by atoms with Gasteiger partial charge in [-0.15, -0.1) is 0 Å². The topological polar surface area (TPSA) is 78.9 Å². The lowest BCUT2D eigenvalue weighted by atomic mass is 10.0. The molecule has 0 saturated carbocycles. The molecular formula is C61H106O6. The van der Waals surface area contributed by atoms with Gasteiger partial charge in [-0.1, -0.05) is 241 Å². The van der Waals surface area contributed by atoms with Crippen LogP contribution in [0.25, 0.3) is 0 Å². The Hall–Kier alpha value is -3.15. The summed E-state index contributed by atoms with van der Waals surface area (Å²) in [6.07, 6.45) is 70.3. The minimum absolute atomic E-state index is 0.0855. The summed E-state index contributed by atoms with van der Waals surface area (Å²) in [5, 5.41) is 0. The van der Waals surface area contributed by atoms with Gasteiger partial charge in [0, 0.05) is 19.3 Å². The first kappa shape index (κ1) is 63.8. The first-order valence-electron chi connectivity index (χ1n) is 28.4. The van der Waals surface area contributed by atoms with Crippen molar-refractivity contribution in [2.75, 3.05) is 13.2 Å². The zero-order valence-corrected chi connectivity index (χ0v) is 44.2. The van der Waals surface area contributed by atoms with E-state index in [0.717, 1.165) is 96.3 Å². The molecule has 0 spiro atoms. The molecule has 1 atom stereocenters. The highest BCUT2D eigenvalue weighted by molar-refractivity contribution is 5.71. The van der Waals surface area contributed by atoms with Crippen molar-refractivity contribution in [3.8, 4) is 0 Å². The van der Waals surface area contributed by atoms with Crippen LogP contribution < -0.4 is 0 Å². The van der Waals surface area contributed by atoms with E-state index in [2.05, 4.69) is 93.7 Å². The number of allylic oxidation sites excluding steroid dienone is 12. The van der Waals surface area contributed by atoms with Crippen LogP contribution in [0.3, 0.4) is 0 Å². The van der Waals surface area contributed by atoms with E-state index < -0.39 is 6.10 Å². The third kappa shape index (κ3) is 53.7. The highest BCUT2D eigenvalue weighted by Gasteiger charge is 2.19. The Morgan fingerprint density at radius 2 is 0.582 bits per heavy atom. The number of hydrogen-bond acceptors (Lipinski definition) is 6. The fourth-order valence-corrected chi connectivity index (χ4v) is 7.93. The largest absolute Gasteiger partial charge is 0.462 e. The minimum atomic E-state index is -0.790. The molecule has 0 aromatic carbocycles. The summed E-state index contributed by atoms with van der Waals surface area (Å²) in [4.78, 5) is 38.1. The van der Waals surface area contributed by atoms with E-state index in [-0.39, 0.29) is 31.1 Å². The molecule has 0 saturated heterocycles. The summed E-state index contributed by atoms with van der Waals surface area (Å²) in [6, 6.07) is 0. The molecule has 6 nitrogen and oxygen atoms in total. The van der Waals surface area contributed by atoms with Crippen LogP contribution in [0.2, 0.25) is 0 Å². The lowest BCUT2D eigenvalue weighted by Gasteiger charge is -2.18. The van der Waals surface area contributed by atoms with Gasteiger partial charge in [0.2, 0.25) is 0 Å². The van der Waals surface area contributed by atoms with E-state index in [0.29, 0.717) is 19.3 Å². The number of esters is 3. The fourth-order valence-electron chi connectivity index (χ4n) is 7.93. The van der Waals surface area contributed by atoms with Crippen LogP contribution in [-0.2, 0) is 28.6 Å². The SMILES string of the molecule is CC/C=C\C/C=C\C/C=C\C/C=C\C/C=C\CCCCCC(=O)OCC(COC(=O)CCCCCCCCCCCCCCC)OC(=O)CCCCCCCCC/C=C\CCCCCCCC. The molecule has 1 unspecified atom stereocenters. The average Bonchev–Trinajstić information content (AvgIpc) is 3.33. The lowest BCUT2D eigenvalue weighted by molar-refractivity contribution is -0.167. The second-order valence-corrected chi connectivity index (χ2v) is 18.8. The van der Waals surface area contributed by atoms with Crippen molar-refractivity contribution in [3.05, 3.63) is 72.9 Å². The Morgan fingerprint density at radius 3 is 0.940 bits per heavy atom. The lowest BCUT2D eigenvalue weighted by Crippen LogP contribution is -2.30. The van der Waals surface area contributed by atoms with E-state index in [1.54, 1.807) is 0 Å². The molecule has 0 aromatic heterocycles. The zero-order chi connectivity index (χ0) is 48.6. The molecule has 0 amide bonds. The molecule has 0 radical (unpaired) electrons. The predicted molar refractivity (Wildman–Crippen MR) is 288 cm³/mol. The summed E-state index contributed by atoms with van der Waals surface area (Å²) in [7, 11) is 0. The first-order chi connectivity index (χ1) is 33.0. The number of rotatable bonds is 51. The van der Waals surface area contributed by atoms with E-state index >= 15 is 0 Å². The van der Waals surface area contributed by atoms with Gasteiger partial charge in [0.05, 0.1) is 0 Å². The zero-order valence-electron chi connectivity index (χ0n) is 44.2. The van der Waals surface area contributed by atoms with Gasteiger partial charge in [-0.25, -0.2) is 0 Å². The molecule has 0 heterocycles. The van der Waals surface area contributed by atoms with E-state index in [1.165, 1.54) is 141 Å². The standard InChI is InChI=1S/C61H106O6/c1-4-7-10-13-16-19-22-25-27-29-30-32-33-36-39-42-45-48-51-54-60(63)66-57-58(56-65-59(62)53-50-47-44-41-38-35-24-21-18-15-12-9-6-3)67-61(64)55-52-49-46-43-40-37-34-31-28-26-23-20-17-14-11-8-5-2/h7,10,16,19,25-28,30,32,36,39,58H,4-6,8-9,11-15,17-18,20-24,29,31,33-35,37-38,40-57H2,1-3H3/b10-7-,19-16-,27-25-,28-26-,32-30-,39-36-. The molecule has 0 aromatic rings. The molecule has 0 rings (SSSR count). The van der Waals surface area contributed by atoms with Gasteiger partial charge in [-0.3, -0.25) is 14.4 Å². The Labute approximate surface area is 414 Å². The summed E-state index contributed by atoms with van der Waals surface area (Å²) in [5.74, 6) is -0.915. The first-order valence-corrected chi connectivity index (χ1v) is 28.4. The highest BCUT2D eigenvalue weighted by atomic mass is 16.6. The van der Waals surface area contributed by atoms with Gasteiger partial charge in [-0.05, 0) is 89.9 Å². The smallest absolute Gasteiger partial charge is 0.306 e. The van der Waals surface area contributed by atoms with Crippen molar-refractivity contribution in [3.63, 3.8) is 0 Å². The van der Waals surface area contributed by atoms with Crippen LogP contribution in [0.5, 0.6) is 0 Å². The Kier molecular flexibility index (Phi) is 52.8. The van der Waals surface area contributed by atoms with E-state index in [4.69, 9.17) is 14.2 Å². The van der Waals surface area contributed by atoms with Crippen LogP contribution in [0.15, 0.2) is 72.9 Å². The third-order valence-corrected chi connectivity index (χ3v) is 12.2. The second-order valence-electron chi connectivity index (χ2n) is 18.8. The molecule has 386 valence electrons. The molecule has 0 N–H and O–H groups in total. The number of ether oxygens (including phenoxy) is 3.